The van der Waals surface area contributed by atoms with Crippen molar-refractivity contribution in [3.05, 3.63) is 24.2 Å². The molecule has 0 unspecified atom stereocenters. The first-order valence-corrected chi connectivity index (χ1v) is 8.64. The average molecular weight is 429 g/mol. The molecule has 1 aromatic heterocycles. The lowest BCUT2D eigenvalue weighted by Gasteiger charge is -2.10. The van der Waals surface area contributed by atoms with Crippen molar-refractivity contribution in [3.8, 4) is 0 Å². The standard InChI is InChI=1S/C13H23N3O3S.HI/c1-3-14-13(16-9-11-20(17,18)4-2)15-8-7-12-6-5-10-19-12;/h5-6,10H,3-4,7-9,11H2,1-2H3,(H2,14,15,16);1H. The molecule has 0 aliphatic heterocycles. The highest BCUT2D eigenvalue weighted by atomic mass is 127. The lowest BCUT2D eigenvalue weighted by atomic mass is 10.3. The summed E-state index contributed by atoms with van der Waals surface area (Å²) in [6.07, 6.45) is 2.40. The fourth-order valence-corrected chi connectivity index (χ4v) is 2.20. The van der Waals surface area contributed by atoms with Crippen LogP contribution in [0.3, 0.4) is 0 Å². The van der Waals surface area contributed by atoms with Gasteiger partial charge in [-0.25, -0.2) is 8.42 Å². The summed E-state index contributed by atoms with van der Waals surface area (Å²) in [4.78, 5) is 4.25. The Labute approximate surface area is 143 Å². The molecular formula is C13H24IN3O3S. The Morgan fingerprint density at radius 1 is 1.33 bits per heavy atom. The molecule has 8 heteroatoms. The molecule has 0 fully saturated rings. The Morgan fingerprint density at radius 2 is 2.10 bits per heavy atom. The van der Waals surface area contributed by atoms with Crippen LogP contribution >= 0.6 is 24.0 Å². The number of nitrogens with one attached hydrogen (secondary N) is 2. The van der Waals surface area contributed by atoms with Gasteiger partial charge >= 0.3 is 0 Å². The van der Waals surface area contributed by atoms with Gasteiger partial charge in [0.2, 0.25) is 0 Å². The molecule has 0 bridgehead atoms. The summed E-state index contributed by atoms with van der Waals surface area (Å²) in [6.45, 7) is 5.29. The predicted molar refractivity (Wildman–Crippen MR) is 96.1 cm³/mol. The average Bonchev–Trinajstić information content (AvgIpc) is 2.92. The molecule has 0 aliphatic rings. The molecule has 21 heavy (non-hydrogen) atoms. The van der Waals surface area contributed by atoms with Crippen LogP contribution < -0.4 is 10.6 Å². The number of rotatable bonds is 8. The van der Waals surface area contributed by atoms with Crippen molar-refractivity contribution >= 4 is 39.8 Å². The smallest absolute Gasteiger partial charge is 0.191 e. The van der Waals surface area contributed by atoms with Crippen LogP contribution in [0.5, 0.6) is 0 Å². The van der Waals surface area contributed by atoms with Gasteiger partial charge in [-0.05, 0) is 19.1 Å². The molecule has 0 aliphatic carbocycles. The van der Waals surface area contributed by atoms with Gasteiger partial charge in [0.1, 0.15) is 5.76 Å². The zero-order valence-electron chi connectivity index (χ0n) is 12.5. The third kappa shape index (κ3) is 8.97. The maximum absolute atomic E-state index is 11.4. The van der Waals surface area contributed by atoms with E-state index in [1.807, 2.05) is 19.1 Å². The first kappa shape index (κ1) is 20.2. The summed E-state index contributed by atoms with van der Waals surface area (Å²) in [7, 11) is -2.96. The second-order valence-electron chi connectivity index (χ2n) is 4.25. The maximum atomic E-state index is 11.4. The van der Waals surface area contributed by atoms with Gasteiger partial charge in [-0.3, -0.25) is 4.99 Å². The van der Waals surface area contributed by atoms with Crippen molar-refractivity contribution in [2.75, 3.05) is 31.1 Å². The van der Waals surface area contributed by atoms with Crippen molar-refractivity contribution in [3.63, 3.8) is 0 Å². The number of aliphatic imine (C=N–C) groups is 1. The van der Waals surface area contributed by atoms with E-state index in [0.717, 1.165) is 18.7 Å². The summed E-state index contributed by atoms with van der Waals surface area (Å²) < 4.78 is 28.0. The van der Waals surface area contributed by atoms with Crippen molar-refractivity contribution in [2.24, 2.45) is 4.99 Å². The molecule has 122 valence electrons. The van der Waals surface area contributed by atoms with Crippen LogP contribution in [0.15, 0.2) is 27.8 Å². The number of nitrogens with zero attached hydrogens (tertiary/aromatic N) is 1. The van der Waals surface area contributed by atoms with Crippen LogP contribution in [-0.4, -0.2) is 45.5 Å². The maximum Gasteiger partial charge on any atom is 0.191 e. The summed E-state index contributed by atoms with van der Waals surface area (Å²) >= 11 is 0. The Balaban J connectivity index is 0.00000400. The Hall–Kier alpha value is -0.770. The van der Waals surface area contributed by atoms with E-state index in [2.05, 4.69) is 15.6 Å². The van der Waals surface area contributed by atoms with E-state index in [1.54, 1.807) is 13.2 Å². The van der Waals surface area contributed by atoms with Crippen LogP contribution in [0.4, 0.5) is 0 Å². The van der Waals surface area contributed by atoms with E-state index >= 15 is 0 Å². The van der Waals surface area contributed by atoms with Crippen LogP contribution in [-0.2, 0) is 16.3 Å². The Bertz CT molecular complexity index is 501. The van der Waals surface area contributed by atoms with E-state index in [-0.39, 0.29) is 42.0 Å². The van der Waals surface area contributed by atoms with Gasteiger partial charge in [-0.1, -0.05) is 6.92 Å². The van der Waals surface area contributed by atoms with Gasteiger partial charge < -0.3 is 15.1 Å². The van der Waals surface area contributed by atoms with Crippen LogP contribution in [0.1, 0.15) is 19.6 Å². The minimum Gasteiger partial charge on any atom is -0.469 e. The topological polar surface area (TPSA) is 83.7 Å². The van der Waals surface area contributed by atoms with Gasteiger partial charge in [0.15, 0.2) is 15.8 Å². The zero-order valence-corrected chi connectivity index (χ0v) is 15.6. The quantitative estimate of drug-likeness (QED) is 0.371. The minimum atomic E-state index is -2.96. The first-order chi connectivity index (χ1) is 9.57. The van der Waals surface area contributed by atoms with Crippen molar-refractivity contribution < 1.29 is 12.8 Å². The van der Waals surface area contributed by atoms with Gasteiger partial charge in [-0.2, -0.15) is 0 Å². The van der Waals surface area contributed by atoms with Crippen LogP contribution in [0.2, 0.25) is 0 Å². The molecule has 6 nitrogen and oxygen atoms in total. The van der Waals surface area contributed by atoms with Crippen molar-refractivity contribution in [1.29, 1.82) is 0 Å². The largest absolute Gasteiger partial charge is 0.469 e. The number of hydrogen-bond donors (Lipinski definition) is 2. The molecule has 0 radical (unpaired) electrons. The van der Waals surface area contributed by atoms with Gasteiger partial charge in [0, 0.05) is 25.3 Å². The first-order valence-electron chi connectivity index (χ1n) is 6.82. The molecule has 0 saturated carbocycles. The highest BCUT2D eigenvalue weighted by molar-refractivity contribution is 14.0. The second-order valence-corrected chi connectivity index (χ2v) is 6.73. The van der Waals surface area contributed by atoms with Crippen LogP contribution in [0.25, 0.3) is 0 Å². The van der Waals surface area contributed by atoms with E-state index < -0.39 is 9.84 Å². The van der Waals surface area contributed by atoms with Crippen LogP contribution in [0, 0.1) is 0 Å². The fourth-order valence-electron chi connectivity index (χ4n) is 1.54. The van der Waals surface area contributed by atoms with Gasteiger partial charge in [0.05, 0.1) is 18.6 Å². The number of guanidine groups is 1. The van der Waals surface area contributed by atoms with Gasteiger partial charge in [0.25, 0.3) is 0 Å². The summed E-state index contributed by atoms with van der Waals surface area (Å²) in [6, 6.07) is 3.77. The Kier molecular flexibility index (Phi) is 10.5. The lowest BCUT2D eigenvalue weighted by Crippen LogP contribution is -2.38. The summed E-state index contributed by atoms with van der Waals surface area (Å²) in [5.41, 5.74) is 0. The van der Waals surface area contributed by atoms with E-state index in [0.29, 0.717) is 12.5 Å². The van der Waals surface area contributed by atoms with E-state index in [9.17, 15) is 8.42 Å². The molecule has 0 atom stereocenters. The molecule has 0 spiro atoms. The molecule has 1 aromatic rings. The third-order valence-corrected chi connectivity index (χ3v) is 4.38. The predicted octanol–water partition coefficient (Wildman–Crippen LogP) is 1.43. The zero-order chi connectivity index (χ0) is 14.8. The molecule has 1 heterocycles. The molecule has 1 rings (SSSR count). The normalized spacial score (nSPS) is 11.8. The van der Waals surface area contributed by atoms with E-state index in [4.69, 9.17) is 4.42 Å². The second kappa shape index (κ2) is 10.9. The highest BCUT2D eigenvalue weighted by Gasteiger charge is 2.06. The van der Waals surface area contributed by atoms with Gasteiger partial charge in [-0.15, -0.1) is 24.0 Å². The number of furan rings is 1. The molecule has 2 N–H and O–H groups in total. The summed E-state index contributed by atoms with van der Waals surface area (Å²) in [5, 5.41) is 6.23. The molecule has 0 amide bonds. The summed E-state index contributed by atoms with van der Waals surface area (Å²) in [5.74, 6) is 1.77. The number of halogens is 1. The molecule has 0 aromatic carbocycles. The molecule has 0 saturated heterocycles. The third-order valence-electron chi connectivity index (χ3n) is 2.70. The van der Waals surface area contributed by atoms with Crippen molar-refractivity contribution in [1.82, 2.24) is 10.6 Å². The SMILES string of the molecule is CCNC(=NCCS(=O)(=O)CC)NCCc1ccco1.I. The minimum absolute atomic E-state index is 0. The monoisotopic (exact) mass is 429 g/mol. The number of sulfone groups is 1. The lowest BCUT2D eigenvalue weighted by molar-refractivity contribution is 0.507. The fraction of sp³-hybridized carbons (Fsp3) is 0.615. The number of hydrogen-bond acceptors (Lipinski definition) is 4. The molecular weight excluding hydrogens is 405 g/mol. The van der Waals surface area contributed by atoms with E-state index in [1.165, 1.54) is 0 Å². The highest BCUT2D eigenvalue weighted by Crippen LogP contribution is 1.99. The van der Waals surface area contributed by atoms with Crippen molar-refractivity contribution in [2.45, 2.75) is 20.3 Å². The Morgan fingerprint density at radius 3 is 2.67 bits per heavy atom.